The van der Waals surface area contributed by atoms with E-state index < -0.39 is 0 Å². The van der Waals surface area contributed by atoms with Gasteiger partial charge in [-0.1, -0.05) is 38.8 Å². The van der Waals surface area contributed by atoms with E-state index in [0.717, 1.165) is 36.2 Å². The molecule has 0 spiro atoms. The molecule has 0 amide bonds. The molecule has 2 saturated carbocycles. The summed E-state index contributed by atoms with van der Waals surface area (Å²) in [6, 6.07) is 0. The highest BCUT2D eigenvalue weighted by molar-refractivity contribution is 4.96. The molecule has 1 heteroatoms. The molecule has 144 valence electrons. The van der Waals surface area contributed by atoms with Crippen molar-refractivity contribution in [3.05, 3.63) is 12.2 Å². The first kappa shape index (κ1) is 19.5. The van der Waals surface area contributed by atoms with Crippen LogP contribution < -0.4 is 0 Å². The molecule has 0 N–H and O–H groups in total. The predicted molar refractivity (Wildman–Crippen MR) is 108 cm³/mol. The fourth-order valence-corrected chi connectivity index (χ4v) is 5.72. The lowest BCUT2D eigenvalue weighted by molar-refractivity contribution is -0.0390. The third-order valence-corrected chi connectivity index (χ3v) is 7.59. The van der Waals surface area contributed by atoms with Gasteiger partial charge in [-0.25, -0.2) is 0 Å². The number of ether oxygens (including phenoxy) is 1. The maximum Gasteiger partial charge on any atom is 0.0572 e. The first-order chi connectivity index (χ1) is 12.3. The summed E-state index contributed by atoms with van der Waals surface area (Å²) in [6.45, 7) is 5.65. The van der Waals surface area contributed by atoms with Crippen molar-refractivity contribution in [2.24, 2.45) is 29.6 Å². The Morgan fingerprint density at radius 3 is 1.84 bits per heavy atom. The number of hydrogen-bond donors (Lipinski definition) is 0. The first-order valence-electron chi connectivity index (χ1n) is 11.6. The van der Waals surface area contributed by atoms with Crippen molar-refractivity contribution < 1.29 is 4.74 Å². The van der Waals surface area contributed by atoms with Crippen LogP contribution in [0.25, 0.3) is 0 Å². The van der Waals surface area contributed by atoms with Crippen LogP contribution in [0.15, 0.2) is 12.2 Å². The Morgan fingerprint density at radius 2 is 1.32 bits per heavy atom. The van der Waals surface area contributed by atoms with Crippen molar-refractivity contribution >= 4 is 0 Å². The molecule has 3 rings (SSSR count). The summed E-state index contributed by atoms with van der Waals surface area (Å²) in [5, 5.41) is 0. The van der Waals surface area contributed by atoms with E-state index in [1.165, 1.54) is 83.5 Å². The maximum absolute atomic E-state index is 6.06. The minimum Gasteiger partial charge on any atom is -0.378 e. The molecular weight excluding hydrogens is 304 g/mol. The Bertz CT molecular complexity index is 377. The van der Waals surface area contributed by atoms with Gasteiger partial charge >= 0.3 is 0 Å². The molecule has 2 aliphatic carbocycles. The Balaban J connectivity index is 1.34. The highest BCUT2D eigenvalue weighted by Crippen LogP contribution is 2.39. The standard InChI is InChI=1S/C24H42O/c1-3-5-19-6-8-20(9-7-19)10-11-21-12-14-22(15-13-21)23-16-17-24(4-2)25-18-23/h10-11,19-24H,3-9,12-18H2,1-2H3/b11-10+. The minimum atomic E-state index is 0.558. The molecule has 0 aromatic carbocycles. The minimum absolute atomic E-state index is 0.558. The van der Waals surface area contributed by atoms with E-state index in [9.17, 15) is 0 Å². The monoisotopic (exact) mass is 346 g/mol. The first-order valence-corrected chi connectivity index (χ1v) is 11.6. The van der Waals surface area contributed by atoms with Crippen LogP contribution in [-0.2, 0) is 4.74 Å². The second-order valence-corrected chi connectivity index (χ2v) is 9.33. The Labute approximate surface area is 157 Å². The molecule has 2 atom stereocenters. The average Bonchev–Trinajstić information content (AvgIpc) is 2.68. The maximum atomic E-state index is 6.06. The van der Waals surface area contributed by atoms with Gasteiger partial charge in [0.1, 0.15) is 0 Å². The van der Waals surface area contributed by atoms with Crippen LogP contribution >= 0.6 is 0 Å². The third-order valence-electron chi connectivity index (χ3n) is 7.59. The average molecular weight is 347 g/mol. The van der Waals surface area contributed by atoms with Crippen LogP contribution in [0.4, 0.5) is 0 Å². The zero-order valence-electron chi connectivity index (χ0n) is 16.9. The van der Waals surface area contributed by atoms with Gasteiger partial charge in [-0.3, -0.25) is 0 Å². The molecule has 1 aliphatic heterocycles. The lowest BCUT2D eigenvalue weighted by Gasteiger charge is -2.37. The lowest BCUT2D eigenvalue weighted by atomic mass is 9.73. The van der Waals surface area contributed by atoms with Gasteiger partial charge < -0.3 is 4.74 Å². The van der Waals surface area contributed by atoms with Gasteiger partial charge in [0.15, 0.2) is 0 Å². The zero-order valence-corrected chi connectivity index (χ0v) is 16.9. The van der Waals surface area contributed by atoms with Crippen LogP contribution in [0.5, 0.6) is 0 Å². The summed E-state index contributed by atoms with van der Waals surface area (Å²) in [4.78, 5) is 0. The largest absolute Gasteiger partial charge is 0.378 e. The summed E-state index contributed by atoms with van der Waals surface area (Å²) in [5.41, 5.74) is 0. The topological polar surface area (TPSA) is 9.23 Å². The van der Waals surface area contributed by atoms with Crippen LogP contribution in [0.3, 0.4) is 0 Å². The summed E-state index contributed by atoms with van der Waals surface area (Å²) in [5.74, 6) is 4.62. The van der Waals surface area contributed by atoms with Gasteiger partial charge in [0.2, 0.25) is 0 Å². The molecule has 0 radical (unpaired) electrons. The normalized spacial score (nSPS) is 40.4. The SMILES string of the molecule is CCCC1CCC(/C=C/C2CCC(C3CCC(CC)OC3)CC2)CC1. The summed E-state index contributed by atoms with van der Waals surface area (Å²) in [6.07, 6.45) is 24.2. The quantitative estimate of drug-likeness (QED) is 0.463. The second-order valence-electron chi connectivity index (χ2n) is 9.33. The van der Waals surface area contributed by atoms with Crippen LogP contribution in [0, 0.1) is 29.6 Å². The molecule has 2 unspecified atom stereocenters. The Hall–Kier alpha value is -0.300. The van der Waals surface area contributed by atoms with Gasteiger partial charge in [0.25, 0.3) is 0 Å². The molecule has 1 nitrogen and oxygen atoms in total. The highest BCUT2D eigenvalue weighted by Gasteiger charge is 2.30. The Kier molecular flexibility index (Phi) is 7.90. The molecule has 3 fully saturated rings. The summed E-state index contributed by atoms with van der Waals surface area (Å²) >= 11 is 0. The fraction of sp³-hybridized carbons (Fsp3) is 0.917. The van der Waals surface area contributed by atoms with E-state index in [0.29, 0.717) is 6.10 Å². The fourth-order valence-electron chi connectivity index (χ4n) is 5.72. The van der Waals surface area contributed by atoms with Crippen LogP contribution in [-0.4, -0.2) is 12.7 Å². The summed E-state index contributed by atoms with van der Waals surface area (Å²) in [7, 11) is 0. The van der Waals surface area contributed by atoms with Gasteiger partial charge in [0.05, 0.1) is 12.7 Å². The number of allylic oxidation sites excluding steroid dienone is 2. The van der Waals surface area contributed by atoms with Crippen molar-refractivity contribution in [1.29, 1.82) is 0 Å². The van der Waals surface area contributed by atoms with Crippen molar-refractivity contribution in [2.45, 2.75) is 103 Å². The van der Waals surface area contributed by atoms with E-state index in [1.807, 2.05) is 0 Å². The number of rotatable bonds is 6. The molecule has 0 bridgehead atoms. The predicted octanol–water partition coefficient (Wildman–Crippen LogP) is 7.16. The van der Waals surface area contributed by atoms with Gasteiger partial charge in [-0.15, -0.1) is 0 Å². The van der Waals surface area contributed by atoms with Crippen molar-refractivity contribution in [1.82, 2.24) is 0 Å². The summed E-state index contributed by atoms with van der Waals surface area (Å²) < 4.78 is 6.06. The second kappa shape index (κ2) is 10.1. The third kappa shape index (κ3) is 5.84. The molecule has 0 aromatic rings. The van der Waals surface area contributed by atoms with E-state index in [2.05, 4.69) is 26.0 Å². The Morgan fingerprint density at radius 1 is 0.720 bits per heavy atom. The smallest absolute Gasteiger partial charge is 0.0572 e. The molecule has 3 aliphatic rings. The molecular formula is C24H42O. The molecule has 0 aromatic heterocycles. The van der Waals surface area contributed by atoms with Gasteiger partial charge in [0, 0.05) is 0 Å². The highest BCUT2D eigenvalue weighted by atomic mass is 16.5. The van der Waals surface area contributed by atoms with E-state index in [-0.39, 0.29) is 0 Å². The van der Waals surface area contributed by atoms with Crippen LogP contribution in [0.2, 0.25) is 0 Å². The van der Waals surface area contributed by atoms with Crippen molar-refractivity contribution in [3.63, 3.8) is 0 Å². The van der Waals surface area contributed by atoms with E-state index in [4.69, 9.17) is 4.74 Å². The molecule has 1 saturated heterocycles. The van der Waals surface area contributed by atoms with Crippen molar-refractivity contribution in [2.75, 3.05) is 6.61 Å². The van der Waals surface area contributed by atoms with Gasteiger partial charge in [-0.05, 0) is 100 Å². The number of hydrogen-bond acceptors (Lipinski definition) is 1. The van der Waals surface area contributed by atoms with E-state index in [1.54, 1.807) is 0 Å². The lowest BCUT2D eigenvalue weighted by Crippen LogP contribution is -2.32. The van der Waals surface area contributed by atoms with Crippen molar-refractivity contribution in [3.8, 4) is 0 Å². The molecule has 1 heterocycles. The van der Waals surface area contributed by atoms with E-state index >= 15 is 0 Å². The molecule has 25 heavy (non-hydrogen) atoms. The van der Waals surface area contributed by atoms with Gasteiger partial charge in [-0.2, -0.15) is 0 Å². The zero-order chi connectivity index (χ0) is 17.5. The van der Waals surface area contributed by atoms with Crippen LogP contribution in [0.1, 0.15) is 97.3 Å².